The summed E-state index contributed by atoms with van der Waals surface area (Å²) in [4.78, 5) is 0. The van der Waals surface area contributed by atoms with Crippen LogP contribution in [0.3, 0.4) is 0 Å². The SMILES string of the molecule is CCC(CC)n1ccc(CC(F)(CN)C(C)(C)C)n1. The molecule has 0 saturated heterocycles. The van der Waals surface area contributed by atoms with E-state index in [0.717, 1.165) is 18.5 Å². The van der Waals surface area contributed by atoms with Gasteiger partial charge in [0.2, 0.25) is 0 Å². The van der Waals surface area contributed by atoms with Crippen LogP contribution in [0.5, 0.6) is 0 Å². The second kappa shape index (κ2) is 6.04. The fraction of sp³-hybridized carbons (Fsp3) is 0.800. The minimum Gasteiger partial charge on any atom is -0.327 e. The van der Waals surface area contributed by atoms with Gasteiger partial charge in [0, 0.05) is 19.2 Å². The molecular formula is C15H28FN3. The van der Waals surface area contributed by atoms with Crippen LogP contribution < -0.4 is 5.73 Å². The standard InChI is InChI=1S/C15H28FN3/c1-6-13(7-2)19-9-8-12(18-19)10-15(16,11-17)14(3,4)5/h8-9,13H,6-7,10-11,17H2,1-5H3. The van der Waals surface area contributed by atoms with Gasteiger partial charge in [-0.15, -0.1) is 0 Å². The summed E-state index contributed by atoms with van der Waals surface area (Å²) in [5.41, 5.74) is 4.53. The number of alkyl halides is 1. The highest BCUT2D eigenvalue weighted by Gasteiger charge is 2.41. The van der Waals surface area contributed by atoms with Crippen LogP contribution in [0.2, 0.25) is 0 Å². The third kappa shape index (κ3) is 3.56. The molecule has 19 heavy (non-hydrogen) atoms. The Morgan fingerprint density at radius 1 is 1.32 bits per heavy atom. The summed E-state index contributed by atoms with van der Waals surface area (Å²) in [6, 6.07) is 2.31. The van der Waals surface area contributed by atoms with Gasteiger partial charge in [0.05, 0.1) is 11.7 Å². The summed E-state index contributed by atoms with van der Waals surface area (Å²) < 4.78 is 16.9. The Kier molecular flexibility index (Phi) is 5.13. The van der Waals surface area contributed by atoms with Gasteiger partial charge in [-0.25, -0.2) is 4.39 Å². The fourth-order valence-electron chi connectivity index (χ4n) is 2.27. The Balaban J connectivity index is 2.88. The molecule has 0 aliphatic rings. The van der Waals surface area contributed by atoms with Gasteiger partial charge in [0.25, 0.3) is 0 Å². The minimum atomic E-state index is -1.42. The monoisotopic (exact) mass is 269 g/mol. The molecule has 0 fully saturated rings. The molecule has 3 nitrogen and oxygen atoms in total. The molecule has 0 aliphatic carbocycles. The predicted octanol–water partition coefficient (Wildman–Crippen LogP) is 3.50. The van der Waals surface area contributed by atoms with Gasteiger partial charge >= 0.3 is 0 Å². The molecule has 4 heteroatoms. The Morgan fingerprint density at radius 3 is 2.32 bits per heavy atom. The van der Waals surface area contributed by atoms with Crippen LogP contribution in [-0.4, -0.2) is 22.0 Å². The molecule has 110 valence electrons. The third-order valence-electron chi connectivity index (χ3n) is 4.11. The van der Waals surface area contributed by atoms with Crippen LogP contribution in [0.1, 0.15) is 59.2 Å². The van der Waals surface area contributed by atoms with Gasteiger partial charge in [0.1, 0.15) is 5.67 Å². The Hall–Kier alpha value is -0.900. The highest BCUT2D eigenvalue weighted by atomic mass is 19.1. The second-order valence-corrected chi connectivity index (χ2v) is 6.35. The molecule has 0 bridgehead atoms. The molecule has 1 aromatic heterocycles. The van der Waals surface area contributed by atoms with Crippen molar-refractivity contribution in [3.05, 3.63) is 18.0 Å². The van der Waals surface area contributed by atoms with Crippen molar-refractivity contribution in [2.45, 2.75) is 65.6 Å². The van der Waals surface area contributed by atoms with E-state index in [1.165, 1.54) is 0 Å². The topological polar surface area (TPSA) is 43.8 Å². The first-order chi connectivity index (χ1) is 8.77. The maximum atomic E-state index is 14.9. The summed E-state index contributed by atoms with van der Waals surface area (Å²) >= 11 is 0. The first kappa shape index (κ1) is 16.2. The van der Waals surface area contributed by atoms with E-state index >= 15 is 0 Å². The molecular weight excluding hydrogens is 241 g/mol. The molecule has 1 atom stereocenters. The summed E-state index contributed by atoms with van der Waals surface area (Å²) in [6.07, 6.45) is 4.30. The molecule has 1 rings (SSSR count). The van der Waals surface area contributed by atoms with E-state index in [2.05, 4.69) is 18.9 Å². The van der Waals surface area contributed by atoms with E-state index in [4.69, 9.17) is 5.73 Å². The van der Waals surface area contributed by atoms with Crippen molar-refractivity contribution in [3.63, 3.8) is 0 Å². The van der Waals surface area contributed by atoms with Gasteiger partial charge in [0.15, 0.2) is 0 Å². The lowest BCUT2D eigenvalue weighted by Gasteiger charge is -2.36. The van der Waals surface area contributed by atoms with Gasteiger partial charge < -0.3 is 5.73 Å². The van der Waals surface area contributed by atoms with Crippen molar-refractivity contribution in [3.8, 4) is 0 Å². The maximum absolute atomic E-state index is 14.9. The minimum absolute atomic E-state index is 0.0222. The van der Waals surface area contributed by atoms with Crippen molar-refractivity contribution in [2.75, 3.05) is 6.54 Å². The van der Waals surface area contributed by atoms with Crippen LogP contribution in [0.25, 0.3) is 0 Å². The molecule has 2 N–H and O–H groups in total. The Labute approximate surface area is 116 Å². The molecule has 1 heterocycles. The van der Waals surface area contributed by atoms with Crippen molar-refractivity contribution >= 4 is 0 Å². The van der Waals surface area contributed by atoms with E-state index in [1.807, 2.05) is 37.7 Å². The van der Waals surface area contributed by atoms with E-state index in [-0.39, 0.29) is 13.0 Å². The molecule has 1 unspecified atom stereocenters. The van der Waals surface area contributed by atoms with Crippen LogP contribution in [-0.2, 0) is 6.42 Å². The quantitative estimate of drug-likeness (QED) is 0.859. The van der Waals surface area contributed by atoms with E-state index in [9.17, 15) is 4.39 Å². The predicted molar refractivity (Wildman–Crippen MR) is 77.9 cm³/mol. The first-order valence-corrected chi connectivity index (χ1v) is 7.20. The van der Waals surface area contributed by atoms with Crippen LogP contribution in [0.15, 0.2) is 12.3 Å². The normalized spacial score (nSPS) is 15.8. The molecule has 1 aromatic rings. The molecule has 0 spiro atoms. The number of rotatable bonds is 6. The average molecular weight is 269 g/mol. The van der Waals surface area contributed by atoms with Crippen molar-refractivity contribution in [2.24, 2.45) is 11.1 Å². The van der Waals surface area contributed by atoms with Crippen molar-refractivity contribution in [1.29, 1.82) is 0 Å². The summed E-state index contributed by atoms with van der Waals surface area (Å²) in [5.74, 6) is 0. The lowest BCUT2D eigenvalue weighted by Crippen LogP contribution is -2.47. The summed E-state index contributed by atoms with van der Waals surface area (Å²) in [5, 5.41) is 4.52. The number of hydrogen-bond acceptors (Lipinski definition) is 2. The molecule has 0 saturated carbocycles. The van der Waals surface area contributed by atoms with E-state index in [0.29, 0.717) is 6.04 Å². The second-order valence-electron chi connectivity index (χ2n) is 6.35. The van der Waals surface area contributed by atoms with Crippen molar-refractivity contribution in [1.82, 2.24) is 9.78 Å². The van der Waals surface area contributed by atoms with Gasteiger partial charge in [-0.3, -0.25) is 4.68 Å². The number of nitrogens with zero attached hydrogens (tertiary/aromatic N) is 2. The number of aromatic nitrogens is 2. The zero-order valence-corrected chi connectivity index (χ0v) is 12.9. The third-order valence-corrected chi connectivity index (χ3v) is 4.11. The largest absolute Gasteiger partial charge is 0.327 e. The highest BCUT2D eigenvalue weighted by molar-refractivity contribution is 5.08. The number of nitrogens with two attached hydrogens (primary N) is 1. The number of halogens is 1. The zero-order valence-electron chi connectivity index (χ0n) is 12.9. The molecule has 0 radical (unpaired) electrons. The fourth-order valence-corrected chi connectivity index (χ4v) is 2.27. The van der Waals surface area contributed by atoms with E-state index in [1.54, 1.807) is 0 Å². The van der Waals surface area contributed by atoms with Crippen molar-refractivity contribution < 1.29 is 4.39 Å². The summed E-state index contributed by atoms with van der Waals surface area (Å²) in [6.45, 7) is 9.97. The lowest BCUT2D eigenvalue weighted by atomic mass is 9.75. The van der Waals surface area contributed by atoms with Crippen LogP contribution in [0, 0.1) is 5.41 Å². The summed E-state index contributed by atoms with van der Waals surface area (Å²) in [7, 11) is 0. The first-order valence-electron chi connectivity index (χ1n) is 7.20. The van der Waals surface area contributed by atoms with Gasteiger partial charge in [-0.05, 0) is 24.3 Å². The lowest BCUT2D eigenvalue weighted by molar-refractivity contribution is 0.0371. The molecule has 0 amide bonds. The average Bonchev–Trinajstić information content (AvgIpc) is 2.77. The highest BCUT2D eigenvalue weighted by Crippen LogP contribution is 2.36. The Bertz CT molecular complexity index is 390. The number of hydrogen-bond donors (Lipinski definition) is 1. The maximum Gasteiger partial charge on any atom is 0.133 e. The van der Waals surface area contributed by atoms with Crippen LogP contribution in [0.4, 0.5) is 4.39 Å². The van der Waals surface area contributed by atoms with Gasteiger partial charge in [-0.1, -0.05) is 34.6 Å². The molecule has 0 aliphatic heterocycles. The Morgan fingerprint density at radius 2 is 1.89 bits per heavy atom. The van der Waals surface area contributed by atoms with E-state index < -0.39 is 11.1 Å². The molecule has 0 aromatic carbocycles. The smallest absolute Gasteiger partial charge is 0.133 e. The van der Waals surface area contributed by atoms with Gasteiger partial charge in [-0.2, -0.15) is 5.10 Å². The zero-order chi connectivity index (χ0) is 14.7. The van der Waals surface area contributed by atoms with Crippen LogP contribution >= 0.6 is 0 Å².